The molecule has 1 aromatic heterocycles. The molecule has 0 saturated heterocycles. The molecule has 18 heavy (non-hydrogen) atoms. The monoisotopic (exact) mass is 327 g/mol. The van der Waals surface area contributed by atoms with Gasteiger partial charge in [-0.25, -0.2) is 4.39 Å². The van der Waals surface area contributed by atoms with E-state index in [0.29, 0.717) is 11.1 Å². The van der Waals surface area contributed by atoms with E-state index >= 15 is 0 Å². The van der Waals surface area contributed by atoms with Crippen molar-refractivity contribution in [2.24, 2.45) is 0 Å². The Bertz CT molecular complexity index is 565. The van der Waals surface area contributed by atoms with Crippen molar-refractivity contribution in [3.8, 4) is 0 Å². The molecule has 0 amide bonds. The topological polar surface area (TPSA) is 12.0 Å². The lowest BCUT2D eigenvalue weighted by Crippen LogP contribution is -2.18. The predicted octanol–water partition coefficient (Wildman–Crippen LogP) is 4.58. The van der Waals surface area contributed by atoms with Crippen molar-refractivity contribution >= 4 is 27.3 Å². The third-order valence-corrected chi connectivity index (χ3v) is 4.95. The van der Waals surface area contributed by atoms with Gasteiger partial charge >= 0.3 is 0 Å². The molecule has 0 saturated carbocycles. The maximum atomic E-state index is 14.2. The largest absolute Gasteiger partial charge is 0.309 e. The van der Waals surface area contributed by atoms with Crippen LogP contribution in [-0.2, 0) is 0 Å². The molecule has 0 aliphatic carbocycles. The summed E-state index contributed by atoms with van der Waals surface area (Å²) in [6, 6.07) is 7.48. The number of hydrogen-bond acceptors (Lipinski definition) is 2. The minimum absolute atomic E-state index is 0.113. The molecular weight excluding hydrogens is 313 g/mol. The lowest BCUT2D eigenvalue weighted by Gasteiger charge is -2.17. The van der Waals surface area contributed by atoms with Gasteiger partial charge in [0.2, 0.25) is 0 Å². The number of aryl methyl sites for hydroxylation is 2. The molecule has 1 aromatic carbocycles. The number of rotatable bonds is 3. The third-order valence-electron chi connectivity index (χ3n) is 2.92. The first kappa shape index (κ1) is 13.7. The maximum absolute atomic E-state index is 14.2. The van der Waals surface area contributed by atoms with Crippen molar-refractivity contribution in [3.63, 3.8) is 0 Å². The zero-order valence-corrected chi connectivity index (χ0v) is 13.0. The van der Waals surface area contributed by atoms with Gasteiger partial charge in [-0.1, -0.05) is 18.2 Å². The van der Waals surface area contributed by atoms with Crippen LogP contribution in [0.4, 0.5) is 4.39 Å². The van der Waals surface area contributed by atoms with E-state index in [9.17, 15) is 4.39 Å². The highest BCUT2D eigenvalue weighted by atomic mass is 79.9. The van der Waals surface area contributed by atoms with Crippen molar-refractivity contribution in [2.45, 2.75) is 19.9 Å². The molecule has 0 bridgehead atoms. The molecule has 2 rings (SSSR count). The minimum atomic E-state index is -0.130. The molecule has 0 fully saturated rings. The van der Waals surface area contributed by atoms with Crippen LogP contribution in [0.25, 0.3) is 0 Å². The number of nitrogens with one attached hydrogen (secondary N) is 1. The summed E-state index contributed by atoms with van der Waals surface area (Å²) in [5, 5.41) is 3.20. The lowest BCUT2D eigenvalue weighted by atomic mass is 10.0. The predicted molar refractivity (Wildman–Crippen MR) is 78.8 cm³/mol. The Kier molecular flexibility index (Phi) is 4.20. The Labute approximate surface area is 119 Å². The average Bonchev–Trinajstić information content (AvgIpc) is 2.65. The summed E-state index contributed by atoms with van der Waals surface area (Å²) in [4.78, 5) is 2.32. The highest BCUT2D eigenvalue weighted by molar-refractivity contribution is 9.10. The minimum Gasteiger partial charge on any atom is -0.309 e. The van der Waals surface area contributed by atoms with Crippen LogP contribution >= 0.6 is 27.3 Å². The van der Waals surface area contributed by atoms with Crippen LogP contribution < -0.4 is 5.32 Å². The molecule has 4 heteroatoms. The Balaban J connectivity index is 2.52. The summed E-state index contributed by atoms with van der Waals surface area (Å²) in [6.07, 6.45) is 0. The molecule has 2 aromatic rings. The molecule has 1 unspecified atom stereocenters. The van der Waals surface area contributed by atoms with Crippen LogP contribution in [0.1, 0.15) is 26.9 Å². The van der Waals surface area contributed by atoms with Gasteiger partial charge in [0.15, 0.2) is 0 Å². The van der Waals surface area contributed by atoms with E-state index in [-0.39, 0.29) is 11.9 Å². The standard InChI is InChI=1S/C14H15BrFNS/c1-8-5-4-6-10(12(8)16)13(17-3)14-11(15)7-9(2)18-14/h4-7,13,17H,1-3H3. The van der Waals surface area contributed by atoms with Crippen molar-refractivity contribution in [1.29, 1.82) is 0 Å². The van der Waals surface area contributed by atoms with E-state index in [1.54, 1.807) is 24.3 Å². The Morgan fingerprint density at radius 2 is 2.06 bits per heavy atom. The van der Waals surface area contributed by atoms with Gasteiger partial charge in [-0.3, -0.25) is 0 Å². The first-order valence-electron chi connectivity index (χ1n) is 5.72. The summed E-state index contributed by atoms with van der Waals surface area (Å²) >= 11 is 5.23. The molecular formula is C14H15BrFNS. The second-order valence-electron chi connectivity index (χ2n) is 4.27. The molecule has 0 aliphatic heterocycles. The Hall–Kier alpha value is -0.710. The zero-order chi connectivity index (χ0) is 13.3. The van der Waals surface area contributed by atoms with Gasteiger partial charge in [-0.2, -0.15) is 0 Å². The second kappa shape index (κ2) is 5.51. The van der Waals surface area contributed by atoms with E-state index < -0.39 is 0 Å². The molecule has 1 N–H and O–H groups in total. The van der Waals surface area contributed by atoms with Crippen molar-refractivity contribution in [3.05, 3.63) is 55.4 Å². The fraction of sp³-hybridized carbons (Fsp3) is 0.286. The smallest absolute Gasteiger partial charge is 0.131 e. The lowest BCUT2D eigenvalue weighted by molar-refractivity contribution is 0.571. The van der Waals surface area contributed by atoms with Crippen LogP contribution in [0.3, 0.4) is 0 Å². The summed E-state index contributed by atoms with van der Waals surface area (Å²) < 4.78 is 15.2. The fourth-order valence-electron chi connectivity index (χ4n) is 2.02. The number of halogens is 2. The van der Waals surface area contributed by atoms with Gasteiger partial charge in [-0.15, -0.1) is 11.3 Å². The summed E-state index contributed by atoms with van der Waals surface area (Å²) in [6.45, 7) is 3.85. The Morgan fingerprint density at radius 1 is 1.33 bits per heavy atom. The molecule has 1 heterocycles. The zero-order valence-electron chi connectivity index (χ0n) is 10.6. The first-order chi connectivity index (χ1) is 8.54. The fourth-order valence-corrected chi connectivity index (χ4v) is 4.03. The third kappa shape index (κ3) is 2.51. The molecule has 96 valence electrons. The van der Waals surface area contributed by atoms with Crippen LogP contribution in [0.15, 0.2) is 28.7 Å². The normalized spacial score (nSPS) is 12.7. The van der Waals surface area contributed by atoms with Gasteiger partial charge in [0.25, 0.3) is 0 Å². The van der Waals surface area contributed by atoms with E-state index in [2.05, 4.69) is 34.2 Å². The van der Waals surface area contributed by atoms with Gasteiger partial charge in [0.1, 0.15) is 5.82 Å². The van der Waals surface area contributed by atoms with Gasteiger partial charge in [-0.05, 0) is 48.5 Å². The van der Waals surface area contributed by atoms with Crippen molar-refractivity contribution in [1.82, 2.24) is 5.32 Å². The molecule has 1 atom stereocenters. The van der Waals surface area contributed by atoms with E-state index in [4.69, 9.17) is 0 Å². The van der Waals surface area contributed by atoms with Crippen molar-refractivity contribution < 1.29 is 4.39 Å². The maximum Gasteiger partial charge on any atom is 0.131 e. The van der Waals surface area contributed by atoms with Crippen molar-refractivity contribution in [2.75, 3.05) is 7.05 Å². The van der Waals surface area contributed by atoms with E-state index in [0.717, 1.165) is 9.35 Å². The second-order valence-corrected chi connectivity index (χ2v) is 6.41. The van der Waals surface area contributed by atoms with Crippen LogP contribution in [0.5, 0.6) is 0 Å². The van der Waals surface area contributed by atoms with Crippen LogP contribution in [0, 0.1) is 19.7 Å². The van der Waals surface area contributed by atoms with Crippen LogP contribution in [0.2, 0.25) is 0 Å². The highest BCUT2D eigenvalue weighted by Crippen LogP contribution is 2.36. The number of hydrogen-bond donors (Lipinski definition) is 1. The van der Waals surface area contributed by atoms with E-state index in [1.165, 1.54) is 4.88 Å². The van der Waals surface area contributed by atoms with Gasteiger partial charge in [0, 0.05) is 19.8 Å². The average molecular weight is 328 g/mol. The summed E-state index contributed by atoms with van der Waals surface area (Å²) in [5.41, 5.74) is 1.37. The Morgan fingerprint density at radius 3 is 2.61 bits per heavy atom. The summed E-state index contributed by atoms with van der Waals surface area (Å²) in [5.74, 6) is -0.130. The molecule has 0 spiro atoms. The highest BCUT2D eigenvalue weighted by Gasteiger charge is 2.21. The first-order valence-corrected chi connectivity index (χ1v) is 7.33. The number of thiophene rings is 1. The van der Waals surface area contributed by atoms with E-state index in [1.807, 2.05) is 19.2 Å². The SMILES string of the molecule is CNC(c1cccc(C)c1F)c1sc(C)cc1Br. The molecule has 0 aliphatic rings. The summed E-state index contributed by atoms with van der Waals surface area (Å²) in [7, 11) is 1.86. The van der Waals surface area contributed by atoms with Gasteiger partial charge < -0.3 is 5.32 Å². The molecule has 0 radical (unpaired) electrons. The van der Waals surface area contributed by atoms with Gasteiger partial charge in [0.05, 0.1) is 6.04 Å². The number of benzene rings is 1. The molecule has 1 nitrogen and oxygen atoms in total. The van der Waals surface area contributed by atoms with Crippen LogP contribution in [-0.4, -0.2) is 7.05 Å². The quantitative estimate of drug-likeness (QED) is 0.870.